The summed E-state index contributed by atoms with van der Waals surface area (Å²) >= 11 is 1.64. The molecule has 51 heavy (non-hydrogen) atoms. The van der Waals surface area contributed by atoms with Crippen LogP contribution >= 0.6 is 11.3 Å². The molecule has 6 aromatic rings. The zero-order chi connectivity index (χ0) is 35.2. The Morgan fingerprint density at radius 1 is 0.588 bits per heavy atom. The second-order valence-corrected chi connectivity index (χ2v) is 11.9. The SMILES string of the molecule is [C-]#[N+]c1cc2c(cc1[N+]#[C-])=NC(=C(C#N)c1nc(C(C#N)=C3N=c4cc(C#N)c(C#N)cc4=N3)nc(-c3ccc4sc5ccccc5c4c3)n1)N=2. The first kappa shape index (κ1) is 30.1. The Labute approximate surface area is 290 Å². The summed E-state index contributed by atoms with van der Waals surface area (Å²) in [6.07, 6.45) is 0. The smallest absolute Gasteiger partial charge is 0.196 e. The lowest BCUT2D eigenvalue weighted by molar-refractivity contribution is 0.993. The normalized spacial score (nSPS) is 12.0. The van der Waals surface area contributed by atoms with E-state index in [0.717, 1.165) is 20.2 Å². The van der Waals surface area contributed by atoms with Crippen molar-refractivity contribution in [1.82, 2.24) is 15.0 Å². The third-order valence-electron chi connectivity index (χ3n) is 7.96. The van der Waals surface area contributed by atoms with Crippen LogP contribution in [-0.2, 0) is 0 Å². The van der Waals surface area contributed by atoms with Crippen LogP contribution in [0.4, 0.5) is 11.4 Å². The monoisotopic (exact) mass is 669 g/mol. The summed E-state index contributed by atoms with van der Waals surface area (Å²) in [7, 11) is 0. The number of fused-ring (bicyclic) bond motifs is 5. The van der Waals surface area contributed by atoms with Gasteiger partial charge < -0.3 is 0 Å². The largest absolute Gasteiger partial charge is 0.250 e. The van der Waals surface area contributed by atoms with Crippen LogP contribution in [0.2, 0.25) is 0 Å². The summed E-state index contributed by atoms with van der Waals surface area (Å²) in [5.74, 6) is -0.236. The highest BCUT2D eigenvalue weighted by atomic mass is 32.1. The lowest BCUT2D eigenvalue weighted by atomic mass is 10.1. The summed E-state index contributed by atoms with van der Waals surface area (Å²) in [5.41, 5.74) is 0.704. The average Bonchev–Trinajstić information content (AvgIpc) is 3.88. The van der Waals surface area contributed by atoms with Gasteiger partial charge in [-0.25, -0.2) is 34.9 Å². The first-order valence-electron chi connectivity index (χ1n) is 14.7. The number of allylic oxidation sites excluding steroid dienone is 2. The standard InChI is InChI=1S/C37H11N13S/c1-42-25-12-29-30(13-26(25)43-2)47-35(46-29)24(17-41)37-49-33(18-7-8-32-22(9-18)21-5-3-4-6-31(21)51-32)48-36(50-37)23(16-40)34-44-27-10-19(14-38)20(15-39)11-28(27)45-34/h3-13H. The first-order chi connectivity index (χ1) is 24.9. The molecule has 4 heterocycles. The fraction of sp³-hybridized carbons (Fsp3) is 0. The molecule has 2 aliphatic rings. The van der Waals surface area contributed by atoms with Crippen molar-refractivity contribution in [2.75, 3.05) is 0 Å². The van der Waals surface area contributed by atoms with Gasteiger partial charge in [-0.3, -0.25) is 9.69 Å². The van der Waals surface area contributed by atoms with Crippen molar-refractivity contribution in [3.63, 3.8) is 0 Å². The maximum absolute atomic E-state index is 10.4. The van der Waals surface area contributed by atoms with Gasteiger partial charge in [0.2, 0.25) is 0 Å². The predicted molar refractivity (Wildman–Crippen MR) is 183 cm³/mol. The summed E-state index contributed by atoms with van der Waals surface area (Å²) < 4.78 is 2.15. The summed E-state index contributed by atoms with van der Waals surface area (Å²) in [6, 6.07) is 27.5. The second-order valence-electron chi connectivity index (χ2n) is 10.8. The Balaban J connectivity index is 1.38. The van der Waals surface area contributed by atoms with Gasteiger partial charge in [0.25, 0.3) is 0 Å². The number of aromatic nitrogens is 3. The van der Waals surface area contributed by atoms with Crippen LogP contribution in [0.15, 0.2) is 98.3 Å². The van der Waals surface area contributed by atoms with Crippen molar-refractivity contribution in [2.45, 2.75) is 0 Å². The van der Waals surface area contributed by atoms with E-state index in [0.29, 0.717) is 16.3 Å². The van der Waals surface area contributed by atoms with E-state index >= 15 is 0 Å². The van der Waals surface area contributed by atoms with Gasteiger partial charge in [0, 0.05) is 25.7 Å². The molecule has 0 N–H and O–H groups in total. The highest BCUT2D eigenvalue weighted by Crippen LogP contribution is 2.36. The summed E-state index contributed by atoms with van der Waals surface area (Å²) in [6.45, 7) is 14.9. The lowest BCUT2D eigenvalue weighted by Gasteiger charge is -2.08. The summed E-state index contributed by atoms with van der Waals surface area (Å²) in [5, 5.41) is 43.1. The van der Waals surface area contributed by atoms with Gasteiger partial charge in [-0.15, -0.1) is 11.3 Å². The molecule has 0 unspecified atom stereocenters. The van der Waals surface area contributed by atoms with Crippen LogP contribution in [0.1, 0.15) is 22.8 Å². The molecule has 2 aromatic heterocycles. The second kappa shape index (κ2) is 11.8. The van der Waals surface area contributed by atoms with Gasteiger partial charge in [0.05, 0.1) is 45.7 Å². The number of nitrogens with zero attached hydrogens (tertiary/aromatic N) is 13. The lowest BCUT2D eigenvalue weighted by Crippen LogP contribution is -2.22. The molecule has 4 aromatic carbocycles. The van der Waals surface area contributed by atoms with Crippen molar-refractivity contribution in [3.05, 3.63) is 145 Å². The Kier molecular flexibility index (Phi) is 6.94. The zero-order valence-corrected chi connectivity index (χ0v) is 26.4. The molecule has 2 aliphatic heterocycles. The van der Waals surface area contributed by atoms with Crippen molar-refractivity contribution in [2.24, 2.45) is 20.0 Å². The van der Waals surface area contributed by atoms with Crippen LogP contribution < -0.4 is 21.4 Å². The Morgan fingerprint density at radius 2 is 1.10 bits per heavy atom. The minimum absolute atomic E-state index is 0.0465. The van der Waals surface area contributed by atoms with Gasteiger partial charge in [-0.2, -0.15) is 21.0 Å². The van der Waals surface area contributed by atoms with E-state index in [2.05, 4.69) is 56.8 Å². The van der Waals surface area contributed by atoms with Crippen LogP contribution in [0.3, 0.4) is 0 Å². The molecule has 0 radical (unpaired) electrons. The number of hydrogen-bond acceptors (Lipinski definition) is 12. The number of rotatable bonds is 3. The van der Waals surface area contributed by atoms with E-state index < -0.39 is 0 Å². The minimum atomic E-state index is -0.149. The van der Waals surface area contributed by atoms with Crippen LogP contribution in [0.5, 0.6) is 0 Å². The van der Waals surface area contributed by atoms with Gasteiger partial charge >= 0.3 is 0 Å². The molecule has 14 heteroatoms. The van der Waals surface area contributed by atoms with E-state index in [-0.39, 0.29) is 73.5 Å². The van der Waals surface area contributed by atoms with E-state index in [1.54, 1.807) is 11.3 Å². The molecule has 8 rings (SSSR count). The maximum Gasteiger partial charge on any atom is 0.196 e. The van der Waals surface area contributed by atoms with Crippen LogP contribution in [0, 0.1) is 58.5 Å². The Bertz CT molecular complexity index is 2950. The summed E-state index contributed by atoms with van der Waals surface area (Å²) in [4.78, 5) is 38.5. The fourth-order valence-electron chi connectivity index (χ4n) is 5.58. The zero-order valence-electron chi connectivity index (χ0n) is 25.6. The number of benzene rings is 4. The molecular weight excluding hydrogens is 659 g/mol. The van der Waals surface area contributed by atoms with Crippen LogP contribution in [-0.4, -0.2) is 15.0 Å². The molecule has 0 saturated heterocycles. The third kappa shape index (κ3) is 4.92. The van der Waals surface area contributed by atoms with Gasteiger partial charge in [-0.1, -0.05) is 18.2 Å². The number of nitriles is 4. The van der Waals surface area contributed by atoms with E-state index in [1.165, 1.54) is 24.3 Å². The van der Waals surface area contributed by atoms with Gasteiger partial charge in [0.15, 0.2) is 40.5 Å². The highest BCUT2D eigenvalue weighted by Gasteiger charge is 2.23. The number of thiophene rings is 1. The molecular formula is C37H11N13S. The molecule has 0 saturated carbocycles. The quantitative estimate of drug-likeness (QED) is 0.186. The molecule has 0 bridgehead atoms. The molecule has 230 valence electrons. The molecule has 0 atom stereocenters. The van der Waals surface area contributed by atoms with Crippen molar-refractivity contribution in [3.8, 4) is 35.7 Å². The molecule has 0 amide bonds. The molecule has 0 spiro atoms. The van der Waals surface area contributed by atoms with Crippen LogP contribution in [0.25, 0.3) is 52.4 Å². The first-order valence-corrected chi connectivity index (χ1v) is 15.5. The van der Waals surface area contributed by atoms with E-state index in [4.69, 9.17) is 13.1 Å². The average molecular weight is 670 g/mol. The topological polar surface area (TPSA) is 192 Å². The molecule has 0 fully saturated rings. The maximum atomic E-state index is 10.4. The third-order valence-corrected chi connectivity index (χ3v) is 9.11. The fourth-order valence-corrected chi connectivity index (χ4v) is 6.66. The Morgan fingerprint density at radius 3 is 1.61 bits per heavy atom. The van der Waals surface area contributed by atoms with E-state index in [1.807, 2.05) is 54.6 Å². The minimum Gasteiger partial charge on any atom is -0.250 e. The molecule has 0 aliphatic carbocycles. The highest BCUT2D eigenvalue weighted by molar-refractivity contribution is 7.25. The van der Waals surface area contributed by atoms with Crippen molar-refractivity contribution in [1.29, 1.82) is 21.0 Å². The Hall–Kier alpha value is -8.27. The van der Waals surface area contributed by atoms with Gasteiger partial charge in [0.1, 0.15) is 35.4 Å². The van der Waals surface area contributed by atoms with Crippen molar-refractivity contribution >= 4 is 54.0 Å². The predicted octanol–water partition coefficient (Wildman–Crippen LogP) is 5.04. The number of hydrogen-bond donors (Lipinski definition) is 0. The van der Waals surface area contributed by atoms with Gasteiger partial charge in [-0.05, 0) is 48.5 Å². The van der Waals surface area contributed by atoms with E-state index in [9.17, 15) is 21.0 Å². The molecule has 13 nitrogen and oxygen atoms in total. The van der Waals surface area contributed by atoms with Crippen molar-refractivity contribution < 1.29 is 0 Å².